The van der Waals surface area contributed by atoms with Gasteiger partial charge in [0.2, 0.25) is 0 Å². The van der Waals surface area contributed by atoms with E-state index in [0.29, 0.717) is 11.8 Å². The highest BCUT2D eigenvalue weighted by molar-refractivity contribution is 8.00. The maximum absolute atomic E-state index is 10.9. The van der Waals surface area contributed by atoms with Crippen LogP contribution in [0.3, 0.4) is 0 Å². The van der Waals surface area contributed by atoms with Gasteiger partial charge in [-0.15, -0.1) is 11.8 Å². The maximum atomic E-state index is 10.9. The Bertz CT molecular complexity index is 1840. The van der Waals surface area contributed by atoms with Crippen LogP contribution in [0.2, 0.25) is 0 Å². The lowest BCUT2D eigenvalue weighted by atomic mass is 9.76. The summed E-state index contributed by atoms with van der Waals surface area (Å²) in [5, 5.41) is 21.6. The van der Waals surface area contributed by atoms with Crippen LogP contribution < -0.4 is 0 Å². The Morgan fingerprint density at radius 3 is 1.20 bits per heavy atom. The molecule has 0 saturated heterocycles. The number of thioether (sulfide) groups is 1. The van der Waals surface area contributed by atoms with Crippen molar-refractivity contribution in [1.82, 2.24) is 0 Å². The van der Waals surface area contributed by atoms with E-state index in [1.165, 1.54) is 162 Å². The summed E-state index contributed by atoms with van der Waals surface area (Å²) in [7, 11) is 0. The number of hydrogen-bond donors (Lipinski definition) is 0. The summed E-state index contributed by atoms with van der Waals surface area (Å²) in [6.45, 7) is 9.00. The molecule has 2 atom stereocenters. The van der Waals surface area contributed by atoms with Gasteiger partial charge in [0.1, 0.15) is 0 Å². The van der Waals surface area contributed by atoms with E-state index in [2.05, 4.69) is 125 Å². The van der Waals surface area contributed by atoms with Crippen molar-refractivity contribution in [2.45, 2.75) is 191 Å². The first-order valence-electron chi connectivity index (χ1n) is 24.9. The first kappa shape index (κ1) is 46.7. The van der Waals surface area contributed by atoms with E-state index in [-0.39, 0.29) is 10.5 Å². The Hall–Kier alpha value is -3.79. The molecule has 0 bridgehead atoms. The van der Waals surface area contributed by atoms with E-state index in [9.17, 15) is 10.5 Å². The SMILES string of the molecule is CCCCCCC[C@H]1CC[C@H](c2ccc(C(SC(c3ccc(CC)cc3)c3ccc([C@H]4CC[C@H](CCCCCCC)CC4)cc3C#N)c3ccc(CC)cc3)c(C#N)c2)CC1. The van der Waals surface area contributed by atoms with Crippen LogP contribution >= 0.6 is 11.8 Å². The molecule has 2 saturated carbocycles. The molecule has 0 aromatic heterocycles. The molecular weight excluding hydrogens is 757 g/mol. The summed E-state index contributed by atoms with van der Waals surface area (Å²) in [5.41, 5.74) is 11.5. The molecular formula is C58H76N2S. The molecule has 0 spiro atoms. The summed E-state index contributed by atoms with van der Waals surface area (Å²) in [5.74, 6) is 2.78. The number of benzene rings is 4. The number of hydrogen-bond acceptors (Lipinski definition) is 3. The van der Waals surface area contributed by atoms with E-state index < -0.39 is 0 Å². The van der Waals surface area contributed by atoms with Gasteiger partial charge < -0.3 is 0 Å². The number of aryl methyl sites for hydroxylation is 2. The van der Waals surface area contributed by atoms with Crippen molar-refractivity contribution in [1.29, 1.82) is 10.5 Å². The van der Waals surface area contributed by atoms with Crippen molar-refractivity contribution in [3.8, 4) is 12.1 Å². The normalized spacial score (nSPS) is 20.1. The molecule has 0 N–H and O–H groups in total. The van der Waals surface area contributed by atoms with E-state index in [4.69, 9.17) is 0 Å². The minimum Gasteiger partial charge on any atom is -0.192 e. The quantitative estimate of drug-likeness (QED) is 0.0741. The highest BCUT2D eigenvalue weighted by Gasteiger charge is 2.30. The van der Waals surface area contributed by atoms with E-state index in [0.717, 1.165) is 46.9 Å². The van der Waals surface area contributed by atoms with Crippen LogP contribution in [0.1, 0.15) is 234 Å². The number of rotatable bonds is 22. The van der Waals surface area contributed by atoms with Crippen LogP contribution in [0, 0.1) is 34.5 Å². The molecule has 0 aliphatic heterocycles. The monoisotopic (exact) mass is 833 g/mol. The molecule has 6 rings (SSSR count). The fraction of sp³-hybridized carbons (Fsp3) is 0.552. The zero-order chi connectivity index (χ0) is 42.8. The molecule has 2 aliphatic carbocycles. The van der Waals surface area contributed by atoms with Gasteiger partial charge in [-0.1, -0.05) is 178 Å². The van der Waals surface area contributed by atoms with Crippen LogP contribution in [0.4, 0.5) is 0 Å². The van der Waals surface area contributed by atoms with Gasteiger partial charge in [-0.05, 0) is 145 Å². The molecule has 4 aromatic rings. The second kappa shape index (κ2) is 24.7. The Kier molecular flexibility index (Phi) is 18.9. The van der Waals surface area contributed by atoms with Crippen molar-refractivity contribution in [2.75, 3.05) is 0 Å². The van der Waals surface area contributed by atoms with E-state index >= 15 is 0 Å². The lowest BCUT2D eigenvalue weighted by Crippen LogP contribution is -2.14. The third-order valence-corrected chi connectivity index (χ3v) is 16.3. The molecule has 0 heterocycles. The Morgan fingerprint density at radius 1 is 0.475 bits per heavy atom. The molecule has 2 fully saturated rings. The first-order valence-corrected chi connectivity index (χ1v) is 25.8. The molecule has 2 nitrogen and oxygen atoms in total. The predicted octanol–water partition coefficient (Wildman–Crippen LogP) is 17.4. The van der Waals surface area contributed by atoms with Crippen LogP contribution in [0.5, 0.6) is 0 Å². The minimum absolute atomic E-state index is 0.0858. The lowest BCUT2D eigenvalue weighted by molar-refractivity contribution is 0.302. The minimum atomic E-state index is -0.0858. The van der Waals surface area contributed by atoms with Crippen molar-refractivity contribution in [2.24, 2.45) is 11.8 Å². The molecule has 324 valence electrons. The van der Waals surface area contributed by atoms with E-state index in [1.54, 1.807) is 0 Å². The predicted molar refractivity (Wildman–Crippen MR) is 261 cm³/mol. The summed E-state index contributed by atoms with van der Waals surface area (Å²) in [6, 6.07) is 37.3. The zero-order valence-corrected chi connectivity index (χ0v) is 39.2. The number of unbranched alkanes of at least 4 members (excludes halogenated alkanes) is 8. The van der Waals surface area contributed by atoms with Gasteiger partial charge in [0, 0.05) is 0 Å². The topological polar surface area (TPSA) is 47.6 Å². The van der Waals surface area contributed by atoms with Crippen LogP contribution in [0.25, 0.3) is 0 Å². The van der Waals surface area contributed by atoms with Crippen molar-refractivity contribution in [3.05, 3.63) is 141 Å². The van der Waals surface area contributed by atoms with E-state index in [1.807, 2.05) is 11.8 Å². The largest absolute Gasteiger partial charge is 0.192 e. The van der Waals surface area contributed by atoms with Gasteiger partial charge in [-0.25, -0.2) is 0 Å². The number of nitrogens with zero attached hydrogens (tertiary/aromatic N) is 2. The van der Waals surface area contributed by atoms with Crippen molar-refractivity contribution >= 4 is 11.8 Å². The average molecular weight is 833 g/mol. The van der Waals surface area contributed by atoms with Gasteiger partial charge >= 0.3 is 0 Å². The highest BCUT2D eigenvalue weighted by atomic mass is 32.2. The second-order valence-corrected chi connectivity index (χ2v) is 20.1. The standard InChI is InChI=1S/C58H76N2S/c1-5-9-11-13-15-17-45-23-27-47(28-24-45)51-35-37-55(53(39-51)41-59)57(49-31-19-43(7-3)20-32-49)61-58(50-33-21-44(8-4)22-34-50)56-38-36-52(40-54(56)42-60)48-29-25-46(26-30-48)18-16-14-12-10-6-2/h19-22,31-40,45-48,57-58H,5-18,23-30H2,1-4H3/t45-,46-,47-,48-,57?,58?. The molecule has 61 heavy (non-hydrogen) atoms. The Labute approximate surface area is 376 Å². The zero-order valence-electron chi connectivity index (χ0n) is 38.4. The van der Waals surface area contributed by atoms with Crippen LogP contribution in [0.15, 0.2) is 84.9 Å². The third-order valence-electron chi connectivity index (χ3n) is 14.7. The van der Waals surface area contributed by atoms with Gasteiger partial charge in [0.15, 0.2) is 0 Å². The van der Waals surface area contributed by atoms with Crippen molar-refractivity contribution < 1.29 is 0 Å². The fourth-order valence-electron chi connectivity index (χ4n) is 10.6. The molecule has 4 aromatic carbocycles. The maximum Gasteiger partial charge on any atom is 0.0995 e. The summed E-state index contributed by atoms with van der Waals surface area (Å²) in [6.07, 6.45) is 28.5. The number of nitriles is 2. The molecule has 2 unspecified atom stereocenters. The third kappa shape index (κ3) is 13.1. The first-order chi connectivity index (χ1) is 30.0. The van der Waals surface area contributed by atoms with Gasteiger partial charge in [-0.2, -0.15) is 10.5 Å². The Balaban J connectivity index is 1.27. The van der Waals surface area contributed by atoms with Gasteiger partial charge in [0.25, 0.3) is 0 Å². The lowest BCUT2D eigenvalue weighted by Gasteiger charge is -2.31. The van der Waals surface area contributed by atoms with Gasteiger partial charge in [0.05, 0.1) is 33.8 Å². The Morgan fingerprint density at radius 2 is 0.852 bits per heavy atom. The van der Waals surface area contributed by atoms with Crippen molar-refractivity contribution in [3.63, 3.8) is 0 Å². The second-order valence-electron chi connectivity index (χ2n) is 18.8. The summed E-state index contributed by atoms with van der Waals surface area (Å²) >= 11 is 1.89. The highest BCUT2D eigenvalue weighted by Crippen LogP contribution is 2.50. The molecule has 0 radical (unpaired) electrons. The summed E-state index contributed by atoms with van der Waals surface area (Å²) < 4.78 is 0. The smallest absolute Gasteiger partial charge is 0.0995 e. The fourth-order valence-corrected chi connectivity index (χ4v) is 12.2. The summed E-state index contributed by atoms with van der Waals surface area (Å²) in [4.78, 5) is 0. The molecule has 2 aliphatic rings. The van der Waals surface area contributed by atoms with Crippen LogP contribution in [-0.2, 0) is 12.8 Å². The van der Waals surface area contributed by atoms with Crippen LogP contribution in [-0.4, -0.2) is 0 Å². The average Bonchev–Trinajstić information content (AvgIpc) is 3.32. The molecule has 3 heteroatoms. The van der Waals surface area contributed by atoms with Gasteiger partial charge in [-0.3, -0.25) is 0 Å². The molecule has 0 amide bonds.